The quantitative estimate of drug-likeness (QED) is 0.766. The minimum absolute atomic E-state index is 0.387. The van der Waals surface area contributed by atoms with Crippen LogP contribution in [0.15, 0.2) is 24.3 Å². The van der Waals surface area contributed by atoms with Crippen LogP contribution in [0.25, 0.3) is 0 Å². The molecule has 2 rings (SSSR count). The van der Waals surface area contributed by atoms with Crippen LogP contribution in [0.5, 0.6) is 5.75 Å². The molecule has 1 aromatic rings. The molecule has 0 radical (unpaired) electrons. The number of methoxy groups -OCH3 is 1. The molecule has 1 heterocycles. The molecule has 1 atom stereocenters. The van der Waals surface area contributed by atoms with Crippen molar-refractivity contribution in [1.82, 2.24) is 10.4 Å². The number of rotatable bonds is 7. The highest BCUT2D eigenvalue weighted by Crippen LogP contribution is 2.22. The second kappa shape index (κ2) is 9.06. The van der Waals surface area contributed by atoms with Gasteiger partial charge in [0.2, 0.25) is 0 Å². The summed E-state index contributed by atoms with van der Waals surface area (Å²) in [5, 5.41) is 1.94. The first-order chi connectivity index (χ1) is 11.9. The van der Waals surface area contributed by atoms with Gasteiger partial charge < -0.3 is 14.2 Å². The lowest BCUT2D eigenvalue weighted by molar-refractivity contribution is 0.0360. The van der Waals surface area contributed by atoms with E-state index in [4.69, 9.17) is 14.2 Å². The van der Waals surface area contributed by atoms with Crippen LogP contribution >= 0.6 is 0 Å². The smallest absolute Gasteiger partial charge is 0.422 e. The molecule has 1 aliphatic heterocycles. The molecule has 0 bridgehead atoms. The van der Waals surface area contributed by atoms with Crippen molar-refractivity contribution >= 4 is 6.09 Å². The highest BCUT2D eigenvalue weighted by Gasteiger charge is 2.25. The van der Waals surface area contributed by atoms with Crippen LogP contribution in [-0.4, -0.2) is 50.1 Å². The molecule has 0 spiro atoms. The van der Waals surface area contributed by atoms with Gasteiger partial charge in [0, 0.05) is 20.2 Å². The van der Waals surface area contributed by atoms with Crippen LogP contribution in [0.2, 0.25) is 0 Å². The first-order valence-corrected chi connectivity index (χ1v) is 8.81. The molecule has 1 aliphatic rings. The number of ether oxygens (including phenoxy) is 3. The molecule has 25 heavy (non-hydrogen) atoms. The van der Waals surface area contributed by atoms with Gasteiger partial charge in [0.15, 0.2) is 0 Å². The maximum absolute atomic E-state index is 11.8. The Morgan fingerprint density at radius 1 is 1.32 bits per heavy atom. The fourth-order valence-electron chi connectivity index (χ4n) is 2.87. The lowest BCUT2D eigenvalue weighted by Crippen LogP contribution is -2.43. The Morgan fingerprint density at radius 3 is 2.84 bits per heavy atom. The van der Waals surface area contributed by atoms with Gasteiger partial charge in [-0.1, -0.05) is 12.1 Å². The Kier molecular flexibility index (Phi) is 7.08. The van der Waals surface area contributed by atoms with Crippen molar-refractivity contribution in [2.75, 3.05) is 33.4 Å². The molecule has 0 aliphatic carbocycles. The fraction of sp³-hybridized carbons (Fsp3) is 0.632. The average molecular weight is 350 g/mol. The zero-order valence-corrected chi connectivity index (χ0v) is 15.7. The number of amides is 1. The van der Waals surface area contributed by atoms with E-state index >= 15 is 0 Å². The Bertz CT molecular complexity index is 557. The van der Waals surface area contributed by atoms with Gasteiger partial charge in [-0.2, -0.15) is 0 Å². The lowest BCUT2D eigenvalue weighted by atomic mass is 9.99. The molecule has 6 heteroatoms. The van der Waals surface area contributed by atoms with E-state index in [0.717, 1.165) is 31.7 Å². The van der Waals surface area contributed by atoms with Crippen LogP contribution in [0.3, 0.4) is 0 Å². The Labute approximate surface area is 150 Å². The third kappa shape index (κ3) is 7.32. The summed E-state index contributed by atoms with van der Waals surface area (Å²) in [6, 6.07) is 8.18. The van der Waals surface area contributed by atoms with Gasteiger partial charge in [-0.05, 0) is 57.2 Å². The zero-order valence-electron chi connectivity index (χ0n) is 15.7. The predicted octanol–water partition coefficient (Wildman–Crippen LogP) is 3.02. The van der Waals surface area contributed by atoms with Crippen molar-refractivity contribution < 1.29 is 19.0 Å². The summed E-state index contributed by atoms with van der Waals surface area (Å²) in [4.78, 5) is 11.8. The van der Waals surface area contributed by atoms with E-state index in [-0.39, 0.29) is 6.09 Å². The number of carbonyl (C=O) groups is 1. The van der Waals surface area contributed by atoms with Gasteiger partial charge in [0.05, 0.1) is 6.61 Å². The topological polar surface area (TPSA) is 60.0 Å². The Hall–Kier alpha value is -1.79. The van der Waals surface area contributed by atoms with Gasteiger partial charge in [-0.25, -0.2) is 9.80 Å². The van der Waals surface area contributed by atoms with Crippen molar-refractivity contribution in [3.63, 3.8) is 0 Å². The van der Waals surface area contributed by atoms with E-state index in [1.807, 2.05) is 37.9 Å². The minimum Gasteiger partial charge on any atom is -0.491 e. The molecule has 0 saturated carbocycles. The van der Waals surface area contributed by atoms with Gasteiger partial charge in [-0.15, -0.1) is 0 Å². The van der Waals surface area contributed by atoms with Crippen LogP contribution < -0.4 is 10.2 Å². The lowest BCUT2D eigenvalue weighted by Gasteiger charge is -2.23. The molecule has 1 N–H and O–H groups in total. The first-order valence-electron chi connectivity index (χ1n) is 8.81. The largest absolute Gasteiger partial charge is 0.491 e. The van der Waals surface area contributed by atoms with Crippen LogP contribution in [0.1, 0.15) is 32.8 Å². The monoisotopic (exact) mass is 350 g/mol. The molecule has 1 unspecified atom stereocenters. The summed E-state index contributed by atoms with van der Waals surface area (Å²) >= 11 is 0. The molecule has 1 fully saturated rings. The van der Waals surface area contributed by atoms with E-state index in [2.05, 4.69) is 17.6 Å². The molecular formula is C19H30N2O4. The third-order valence-electron chi connectivity index (χ3n) is 3.91. The Balaban J connectivity index is 1.79. The molecular weight excluding hydrogens is 320 g/mol. The Morgan fingerprint density at radius 2 is 2.12 bits per heavy atom. The van der Waals surface area contributed by atoms with E-state index in [9.17, 15) is 4.79 Å². The highest BCUT2D eigenvalue weighted by atomic mass is 16.6. The van der Waals surface area contributed by atoms with Gasteiger partial charge >= 0.3 is 6.09 Å². The van der Waals surface area contributed by atoms with E-state index in [0.29, 0.717) is 19.1 Å². The second-order valence-corrected chi connectivity index (χ2v) is 7.41. The van der Waals surface area contributed by atoms with Gasteiger partial charge in [-0.3, -0.25) is 5.43 Å². The normalized spacial score (nSPS) is 18.2. The van der Waals surface area contributed by atoms with Crippen LogP contribution in [-0.2, 0) is 15.9 Å². The summed E-state index contributed by atoms with van der Waals surface area (Å²) < 4.78 is 16.0. The molecule has 1 amide bonds. The molecule has 140 valence electrons. The van der Waals surface area contributed by atoms with E-state index in [1.54, 1.807) is 7.11 Å². The van der Waals surface area contributed by atoms with Crippen LogP contribution in [0.4, 0.5) is 4.79 Å². The van der Waals surface area contributed by atoms with Crippen molar-refractivity contribution in [3.05, 3.63) is 29.8 Å². The highest BCUT2D eigenvalue weighted by molar-refractivity contribution is 5.67. The SMILES string of the molecule is COCCOc1cccc(CC2CCN(NC(=O)OC(C)(C)C)C2)c1. The summed E-state index contributed by atoms with van der Waals surface area (Å²) in [7, 11) is 1.66. The molecule has 6 nitrogen and oxygen atoms in total. The minimum atomic E-state index is -0.480. The average Bonchev–Trinajstić information content (AvgIpc) is 2.93. The molecule has 0 aromatic heterocycles. The number of nitrogens with zero attached hydrogens (tertiary/aromatic N) is 1. The van der Waals surface area contributed by atoms with Crippen molar-refractivity contribution in [2.45, 2.75) is 39.2 Å². The summed E-state index contributed by atoms with van der Waals surface area (Å²) in [5.74, 6) is 1.38. The van der Waals surface area contributed by atoms with Crippen molar-refractivity contribution in [3.8, 4) is 5.75 Å². The zero-order chi connectivity index (χ0) is 18.3. The van der Waals surface area contributed by atoms with E-state index in [1.165, 1.54) is 5.56 Å². The van der Waals surface area contributed by atoms with E-state index < -0.39 is 5.60 Å². The van der Waals surface area contributed by atoms with Crippen molar-refractivity contribution in [2.24, 2.45) is 5.92 Å². The van der Waals surface area contributed by atoms with Gasteiger partial charge in [0.25, 0.3) is 0 Å². The second-order valence-electron chi connectivity index (χ2n) is 7.41. The number of hydrogen-bond donors (Lipinski definition) is 1. The first kappa shape index (κ1) is 19.5. The standard InChI is InChI=1S/C19H30N2O4/c1-19(2,3)25-18(22)20-21-9-8-16(14-21)12-15-6-5-7-17(13-15)24-11-10-23-4/h5-7,13,16H,8-12,14H2,1-4H3,(H,20,22). The summed E-state index contributed by atoms with van der Waals surface area (Å²) in [5.41, 5.74) is 3.60. The number of hydrazine groups is 1. The van der Waals surface area contributed by atoms with Crippen LogP contribution in [0, 0.1) is 5.92 Å². The number of benzene rings is 1. The maximum atomic E-state index is 11.8. The predicted molar refractivity (Wildman–Crippen MR) is 96.6 cm³/mol. The fourth-order valence-corrected chi connectivity index (χ4v) is 2.87. The number of nitrogens with one attached hydrogen (secondary N) is 1. The summed E-state index contributed by atoms with van der Waals surface area (Å²) in [6.07, 6.45) is 1.63. The maximum Gasteiger partial charge on any atom is 0.422 e. The summed E-state index contributed by atoms with van der Waals surface area (Å²) in [6.45, 7) is 8.39. The molecule has 1 aromatic carbocycles. The van der Waals surface area contributed by atoms with Crippen molar-refractivity contribution in [1.29, 1.82) is 0 Å². The third-order valence-corrected chi connectivity index (χ3v) is 3.91. The number of carbonyl (C=O) groups excluding carboxylic acids is 1. The number of hydrogen-bond acceptors (Lipinski definition) is 5. The molecule has 1 saturated heterocycles. The van der Waals surface area contributed by atoms with Gasteiger partial charge in [0.1, 0.15) is 18.0 Å².